The van der Waals surface area contributed by atoms with Crippen LogP contribution >= 0.6 is 0 Å². The summed E-state index contributed by atoms with van der Waals surface area (Å²) in [6, 6.07) is 0. The molecular weight excluding hydrogens is 132 g/mol. The minimum Gasteiger partial charge on any atom is -0.336 e. The fourth-order valence-corrected chi connectivity index (χ4v) is 0.378. The Morgan fingerprint density at radius 2 is 1.90 bits per heavy atom. The van der Waals surface area contributed by atoms with Crippen molar-refractivity contribution in [1.82, 2.24) is 10.2 Å². The lowest BCUT2D eigenvalue weighted by Crippen LogP contribution is -2.51. The molecule has 0 aliphatic heterocycles. The second kappa shape index (κ2) is 3.20. The van der Waals surface area contributed by atoms with Crippen molar-refractivity contribution in [3.8, 4) is 0 Å². The van der Waals surface area contributed by atoms with Crippen LogP contribution in [0.5, 0.6) is 0 Å². The van der Waals surface area contributed by atoms with E-state index in [4.69, 9.17) is 0 Å². The van der Waals surface area contributed by atoms with Gasteiger partial charge in [0.2, 0.25) is 12.8 Å². The second-order valence-corrected chi connectivity index (χ2v) is 2.54. The number of carbonyl (C=O) groups is 2. The number of nitrogens with zero attached hydrogens (tertiary/aromatic N) is 1. The maximum Gasteiger partial charge on any atom is 0.211 e. The van der Waals surface area contributed by atoms with Crippen molar-refractivity contribution in [3.63, 3.8) is 0 Å². The summed E-state index contributed by atoms with van der Waals surface area (Å²) in [6.07, 6.45) is 1.23. The molecule has 0 heterocycles. The van der Waals surface area contributed by atoms with Crippen LogP contribution in [0.15, 0.2) is 0 Å². The molecule has 10 heavy (non-hydrogen) atoms. The van der Waals surface area contributed by atoms with Crippen LogP contribution in [0.25, 0.3) is 0 Å². The summed E-state index contributed by atoms with van der Waals surface area (Å²) in [5.74, 6) is 0. The lowest BCUT2D eigenvalue weighted by Gasteiger charge is -2.31. The van der Waals surface area contributed by atoms with Crippen LogP contribution in [0, 0.1) is 0 Å². The molecule has 0 aliphatic rings. The van der Waals surface area contributed by atoms with Crippen LogP contribution in [-0.4, -0.2) is 30.4 Å². The average molecular weight is 144 g/mol. The summed E-state index contributed by atoms with van der Waals surface area (Å²) in [5.41, 5.74) is -0.594. The smallest absolute Gasteiger partial charge is 0.211 e. The highest BCUT2D eigenvalue weighted by atomic mass is 16.1. The minimum atomic E-state index is -0.594. The van der Waals surface area contributed by atoms with E-state index in [9.17, 15) is 9.59 Å². The largest absolute Gasteiger partial charge is 0.336 e. The van der Waals surface area contributed by atoms with Crippen LogP contribution in [0.1, 0.15) is 13.8 Å². The molecule has 0 saturated heterocycles. The van der Waals surface area contributed by atoms with Crippen molar-refractivity contribution < 1.29 is 9.59 Å². The standard InChI is InChI=1S/C6H12N2O2/c1-6(2,7-4-9)8(3)5-10/h4-5H,1-3H3,(H,7,9). The molecule has 0 aromatic carbocycles. The third-order valence-electron chi connectivity index (χ3n) is 1.45. The van der Waals surface area contributed by atoms with Crippen LogP contribution in [0.4, 0.5) is 0 Å². The maximum atomic E-state index is 10.2. The fourth-order valence-electron chi connectivity index (χ4n) is 0.378. The third-order valence-corrected chi connectivity index (χ3v) is 1.45. The van der Waals surface area contributed by atoms with Crippen molar-refractivity contribution >= 4 is 12.8 Å². The number of amides is 2. The van der Waals surface area contributed by atoms with Crippen molar-refractivity contribution in [2.45, 2.75) is 19.5 Å². The molecule has 4 nitrogen and oxygen atoms in total. The normalized spacial score (nSPS) is 10.3. The molecule has 1 N–H and O–H groups in total. The Balaban J connectivity index is 4.07. The zero-order valence-electron chi connectivity index (χ0n) is 6.42. The Kier molecular flexibility index (Phi) is 2.86. The first-order valence-electron chi connectivity index (χ1n) is 2.94. The first kappa shape index (κ1) is 8.94. The summed E-state index contributed by atoms with van der Waals surface area (Å²) in [5, 5.41) is 2.49. The monoisotopic (exact) mass is 144 g/mol. The zero-order chi connectivity index (χ0) is 8.20. The summed E-state index contributed by atoms with van der Waals surface area (Å²) in [7, 11) is 1.60. The van der Waals surface area contributed by atoms with Gasteiger partial charge in [0.15, 0.2) is 0 Å². The van der Waals surface area contributed by atoms with Crippen LogP contribution in [-0.2, 0) is 9.59 Å². The van der Waals surface area contributed by atoms with E-state index in [1.165, 1.54) is 4.90 Å². The Labute approximate surface area is 60.2 Å². The highest BCUT2D eigenvalue weighted by molar-refractivity contribution is 5.52. The van der Waals surface area contributed by atoms with Gasteiger partial charge in [0.05, 0.1) is 0 Å². The number of rotatable bonds is 4. The molecular formula is C6H12N2O2. The van der Waals surface area contributed by atoms with E-state index in [-0.39, 0.29) is 0 Å². The molecule has 0 radical (unpaired) electrons. The van der Waals surface area contributed by atoms with Gasteiger partial charge in [-0.25, -0.2) is 0 Å². The molecule has 0 rings (SSSR count). The van der Waals surface area contributed by atoms with E-state index in [0.29, 0.717) is 12.8 Å². The first-order chi connectivity index (χ1) is 4.54. The Bertz CT molecular complexity index is 134. The second-order valence-electron chi connectivity index (χ2n) is 2.54. The molecule has 58 valence electrons. The predicted molar refractivity (Wildman–Crippen MR) is 37.1 cm³/mol. The van der Waals surface area contributed by atoms with Crippen LogP contribution in [0.3, 0.4) is 0 Å². The number of hydrogen-bond donors (Lipinski definition) is 1. The van der Waals surface area contributed by atoms with Gasteiger partial charge >= 0.3 is 0 Å². The molecule has 0 aromatic rings. The molecule has 0 atom stereocenters. The van der Waals surface area contributed by atoms with Gasteiger partial charge in [-0.1, -0.05) is 0 Å². The lowest BCUT2D eigenvalue weighted by molar-refractivity contribution is -0.124. The lowest BCUT2D eigenvalue weighted by atomic mass is 10.2. The molecule has 0 unspecified atom stereocenters. The summed E-state index contributed by atoms with van der Waals surface area (Å²) < 4.78 is 0. The maximum absolute atomic E-state index is 10.2. The Hall–Kier alpha value is -1.06. The van der Waals surface area contributed by atoms with E-state index in [0.717, 1.165) is 0 Å². The molecule has 2 amide bonds. The first-order valence-corrected chi connectivity index (χ1v) is 2.94. The van der Waals surface area contributed by atoms with E-state index in [1.54, 1.807) is 20.9 Å². The molecule has 4 heteroatoms. The highest BCUT2D eigenvalue weighted by Crippen LogP contribution is 2.02. The summed E-state index contributed by atoms with van der Waals surface area (Å²) in [6.45, 7) is 3.46. The molecule has 0 saturated carbocycles. The summed E-state index contributed by atoms with van der Waals surface area (Å²) >= 11 is 0. The molecule has 0 aliphatic carbocycles. The summed E-state index contributed by atoms with van der Waals surface area (Å²) in [4.78, 5) is 21.6. The van der Waals surface area contributed by atoms with Gasteiger partial charge in [0.25, 0.3) is 0 Å². The van der Waals surface area contributed by atoms with Crippen LogP contribution in [0.2, 0.25) is 0 Å². The highest BCUT2D eigenvalue weighted by Gasteiger charge is 2.19. The van der Waals surface area contributed by atoms with Crippen molar-refractivity contribution in [2.75, 3.05) is 7.05 Å². The fraction of sp³-hybridized carbons (Fsp3) is 0.667. The van der Waals surface area contributed by atoms with E-state index in [2.05, 4.69) is 5.32 Å². The number of carbonyl (C=O) groups excluding carboxylic acids is 2. The van der Waals surface area contributed by atoms with Gasteiger partial charge in [0.1, 0.15) is 5.66 Å². The van der Waals surface area contributed by atoms with Crippen molar-refractivity contribution in [2.24, 2.45) is 0 Å². The Morgan fingerprint density at radius 1 is 1.40 bits per heavy atom. The molecule has 0 spiro atoms. The SMILES string of the molecule is CN(C=O)C(C)(C)NC=O. The van der Waals surface area contributed by atoms with E-state index >= 15 is 0 Å². The molecule has 0 bridgehead atoms. The van der Waals surface area contributed by atoms with Crippen molar-refractivity contribution in [1.29, 1.82) is 0 Å². The zero-order valence-corrected chi connectivity index (χ0v) is 6.42. The Morgan fingerprint density at radius 3 is 2.20 bits per heavy atom. The van der Waals surface area contributed by atoms with Gasteiger partial charge in [-0.3, -0.25) is 9.59 Å². The van der Waals surface area contributed by atoms with Crippen molar-refractivity contribution in [3.05, 3.63) is 0 Å². The quantitative estimate of drug-likeness (QED) is 0.429. The average Bonchev–Trinajstić information content (AvgIpc) is 1.86. The van der Waals surface area contributed by atoms with Crippen LogP contribution < -0.4 is 5.32 Å². The molecule has 0 fully saturated rings. The van der Waals surface area contributed by atoms with Gasteiger partial charge < -0.3 is 10.2 Å². The predicted octanol–water partition coefficient (Wildman–Crippen LogP) is -0.443. The van der Waals surface area contributed by atoms with E-state index < -0.39 is 5.66 Å². The van der Waals surface area contributed by atoms with E-state index in [1.807, 2.05) is 0 Å². The molecule has 0 aromatic heterocycles. The number of hydrogen-bond acceptors (Lipinski definition) is 2. The van der Waals surface area contributed by atoms with Gasteiger partial charge in [-0.05, 0) is 13.8 Å². The van der Waals surface area contributed by atoms with Gasteiger partial charge in [-0.2, -0.15) is 0 Å². The number of nitrogens with one attached hydrogen (secondary N) is 1. The van der Waals surface area contributed by atoms with Gasteiger partial charge in [-0.15, -0.1) is 0 Å². The third kappa shape index (κ3) is 2.05. The topological polar surface area (TPSA) is 49.4 Å². The minimum absolute atomic E-state index is 0.569. The van der Waals surface area contributed by atoms with Gasteiger partial charge in [0, 0.05) is 7.05 Å².